The average molecular weight is 537 g/mol. The first kappa shape index (κ1) is 27.3. The van der Waals surface area contributed by atoms with E-state index in [0.29, 0.717) is 49.5 Å². The molecule has 1 fully saturated rings. The van der Waals surface area contributed by atoms with Crippen LogP contribution in [-0.4, -0.2) is 41.2 Å². The SMILES string of the molecule is Cc1ncccc1Oc1ccnc(N(Cc2ccc(-c3ccc(N(C)C)cc3)cc2)C(=O)C2CCC(O)CC2)c1. The lowest BCUT2D eigenvalue weighted by atomic mass is 9.86. The third kappa shape index (κ3) is 6.49. The van der Waals surface area contributed by atoms with Crippen molar-refractivity contribution in [3.05, 3.63) is 96.4 Å². The highest BCUT2D eigenvalue weighted by atomic mass is 16.5. The van der Waals surface area contributed by atoms with E-state index in [1.54, 1.807) is 23.4 Å². The van der Waals surface area contributed by atoms with Crippen molar-refractivity contribution in [3.63, 3.8) is 0 Å². The standard InChI is InChI=1S/C33H36N4O3/c1-23-31(5-4-19-34-23)40-30-18-20-35-32(21-30)37(33(39)27-12-16-29(38)17-13-27)22-24-6-8-25(9-7-24)26-10-14-28(15-11-26)36(2)3/h4-11,14-15,18-21,27,29,38H,12-13,16-17,22H2,1-3H3. The number of pyridine rings is 2. The maximum Gasteiger partial charge on any atom is 0.231 e. The second-order valence-corrected chi connectivity index (χ2v) is 10.6. The number of hydrogen-bond donors (Lipinski definition) is 1. The van der Waals surface area contributed by atoms with Gasteiger partial charge in [-0.15, -0.1) is 0 Å². The molecule has 0 saturated heterocycles. The quantitative estimate of drug-likeness (QED) is 0.281. The van der Waals surface area contributed by atoms with Crippen LogP contribution in [0.4, 0.5) is 11.5 Å². The van der Waals surface area contributed by atoms with E-state index in [0.717, 1.165) is 28.1 Å². The summed E-state index contributed by atoms with van der Waals surface area (Å²) < 4.78 is 6.10. The predicted octanol–water partition coefficient (Wildman–Crippen LogP) is 6.39. The largest absolute Gasteiger partial charge is 0.455 e. The highest BCUT2D eigenvalue weighted by molar-refractivity contribution is 5.94. The number of aryl methyl sites for hydroxylation is 1. The summed E-state index contributed by atoms with van der Waals surface area (Å²) in [5.41, 5.74) is 5.21. The van der Waals surface area contributed by atoms with Crippen molar-refractivity contribution in [2.45, 2.75) is 45.3 Å². The Labute approximate surface area is 236 Å². The Balaban J connectivity index is 1.40. The topological polar surface area (TPSA) is 78.8 Å². The summed E-state index contributed by atoms with van der Waals surface area (Å²) in [5.74, 6) is 1.67. The van der Waals surface area contributed by atoms with Crippen LogP contribution >= 0.6 is 0 Å². The van der Waals surface area contributed by atoms with Crippen LogP contribution in [0, 0.1) is 12.8 Å². The number of aliphatic hydroxyl groups excluding tert-OH is 1. The molecule has 206 valence electrons. The van der Waals surface area contributed by atoms with Crippen molar-refractivity contribution in [2.75, 3.05) is 23.9 Å². The Bertz CT molecular complexity index is 1430. The normalized spacial score (nSPS) is 16.8. The maximum atomic E-state index is 13.9. The monoisotopic (exact) mass is 536 g/mol. The Morgan fingerprint density at radius 2 is 1.57 bits per heavy atom. The Morgan fingerprint density at radius 1 is 0.900 bits per heavy atom. The number of carbonyl (C=O) groups excluding carboxylic acids is 1. The number of rotatable bonds is 8. The summed E-state index contributed by atoms with van der Waals surface area (Å²) in [6.07, 6.45) is 5.69. The van der Waals surface area contributed by atoms with Gasteiger partial charge in [-0.05, 0) is 79.6 Å². The van der Waals surface area contributed by atoms with E-state index in [9.17, 15) is 9.90 Å². The van der Waals surface area contributed by atoms with Crippen LogP contribution in [0.15, 0.2) is 85.2 Å². The molecule has 2 aromatic heterocycles. The third-order valence-corrected chi connectivity index (χ3v) is 7.50. The summed E-state index contributed by atoms with van der Waals surface area (Å²) in [4.78, 5) is 26.6. The first-order valence-electron chi connectivity index (χ1n) is 13.8. The Kier molecular flexibility index (Phi) is 8.41. The van der Waals surface area contributed by atoms with Crippen molar-refractivity contribution in [3.8, 4) is 22.6 Å². The van der Waals surface area contributed by atoms with Gasteiger partial charge in [0.15, 0.2) is 0 Å². The molecule has 7 nitrogen and oxygen atoms in total. The molecule has 1 N–H and O–H groups in total. The minimum Gasteiger partial charge on any atom is -0.455 e. The minimum absolute atomic E-state index is 0.0254. The molecular weight excluding hydrogens is 500 g/mol. The van der Waals surface area contributed by atoms with Gasteiger partial charge in [0.2, 0.25) is 5.91 Å². The molecule has 0 spiro atoms. The van der Waals surface area contributed by atoms with Crippen molar-refractivity contribution in [1.82, 2.24) is 9.97 Å². The van der Waals surface area contributed by atoms with Crippen LogP contribution < -0.4 is 14.5 Å². The summed E-state index contributed by atoms with van der Waals surface area (Å²) in [7, 11) is 4.06. The van der Waals surface area contributed by atoms with Gasteiger partial charge in [0.1, 0.15) is 17.3 Å². The van der Waals surface area contributed by atoms with E-state index in [1.165, 1.54) is 0 Å². The molecule has 4 aromatic rings. The van der Waals surface area contributed by atoms with Gasteiger partial charge in [-0.1, -0.05) is 36.4 Å². The number of nitrogens with zero attached hydrogens (tertiary/aromatic N) is 4. The van der Waals surface area contributed by atoms with Gasteiger partial charge >= 0.3 is 0 Å². The highest BCUT2D eigenvalue weighted by Crippen LogP contribution is 2.31. The summed E-state index contributed by atoms with van der Waals surface area (Å²) in [6.45, 7) is 2.28. The molecule has 0 aliphatic heterocycles. The highest BCUT2D eigenvalue weighted by Gasteiger charge is 2.30. The van der Waals surface area contributed by atoms with Crippen molar-refractivity contribution in [1.29, 1.82) is 0 Å². The molecule has 1 amide bonds. The number of ether oxygens (including phenoxy) is 1. The van der Waals surface area contributed by atoms with Crippen LogP contribution in [0.5, 0.6) is 11.5 Å². The second-order valence-electron chi connectivity index (χ2n) is 10.6. The second kappa shape index (κ2) is 12.3. The molecule has 0 bridgehead atoms. The van der Waals surface area contributed by atoms with Crippen LogP contribution in [0.3, 0.4) is 0 Å². The Hall–Kier alpha value is -4.23. The lowest BCUT2D eigenvalue weighted by Crippen LogP contribution is -2.38. The van der Waals surface area contributed by atoms with Crippen molar-refractivity contribution < 1.29 is 14.6 Å². The molecule has 1 saturated carbocycles. The van der Waals surface area contributed by atoms with Crippen molar-refractivity contribution >= 4 is 17.4 Å². The van der Waals surface area contributed by atoms with Gasteiger partial charge < -0.3 is 14.7 Å². The van der Waals surface area contributed by atoms with E-state index in [4.69, 9.17) is 4.74 Å². The maximum absolute atomic E-state index is 13.9. The number of amides is 1. The van der Waals surface area contributed by atoms with E-state index < -0.39 is 0 Å². The zero-order valence-corrected chi connectivity index (χ0v) is 23.3. The molecule has 1 aliphatic rings. The summed E-state index contributed by atoms with van der Waals surface area (Å²) >= 11 is 0. The van der Waals surface area contributed by atoms with E-state index in [-0.39, 0.29) is 17.9 Å². The minimum atomic E-state index is -0.325. The number of aliphatic hydroxyl groups is 1. The number of carbonyl (C=O) groups is 1. The molecule has 1 aliphatic carbocycles. The molecule has 40 heavy (non-hydrogen) atoms. The van der Waals surface area contributed by atoms with Gasteiger partial charge in [0, 0.05) is 44.2 Å². The number of hydrogen-bond acceptors (Lipinski definition) is 6. The number of anilines is 2. The zero-order chi connectivity index (χ0) is 28.1. The molecule has 2 heterocycles. The van der Waals surface area contributed by atoms with Crippen LogP contribution in [0.25, 0.3) is 11.1 Å². The van der Waals surface area contributed by atoms with Gasteiger partial charge in [0.25, 0.3) is 0 Å². The molecule has 0 atom stereocenters. The lowest BCUT2D eigenvalue weighted by Gasteiger charge is -2.30. The number of aromatic nitrogens is 2. The van der Waals surface area contributed by atoms with Crippen LogP contribution in [0.2, 0.25) is 0 Å². The summed E-state index contributed by atoms with van der Waals surface area (Å²) in [5, 5.41) is 10.00. The average Bonchev–Trinajstić information content (AvgIpc) is 2.98. The molecule has 0 unspecified atom stereocenters. The van der Waals surface area contributed by atoms with E-state index >= 15 is 0 Å². The van der Waals surface area contributed by atoms with Gasteiger partial charge in [-0.25, -0.2) is 4.98 Å². The van der Waals surface area contributed by atoms with Gasteiger partial charge in [-0.3, -0.25) is 14.7 Å². The molecule has 5 rings (SSSR count). The van der Waals surface area contributed by atoms with Crippen LogP contribution in [0.1, 0.15) is 36.9 Å². The molecule has 7 heteroatoms. The van der Waals surface area contributed by atoms with Gasteiger partial charge in [-0.2, -0.15) is 0 Å². The zero-order valence-electron chi connectivity index (χ0n) is 23.3. The first-order chi connectivity index (χ1) is 19.4. The first-order valence-corrected chi connectivity index (χ1v) is 13.8. The number of benzene rings is 2. The molecular formula is C33H36N4O3. The fraction of sp³-hybridized carbons (Fsp3) is 0.303. The lowest BCUT2D eigenvalue weighted by molar-refractivity contribution is -0.124. The summed E-state index contributed by atoms with van der Waals surface area (Å²) in [6, 6.07) is 24.1. The van der Waals surface area contributed by atoms with Crippen molar-refractivity contribution in [2.24, 2.45) is 5.92 Å². The van der Waals surface area contributed by atoms with Gasteiger partial charge in [0.05, 0.1) is 18.3 Å². The van der Waals surface area contributed by atoms with Crippen LogP contribution in [-0.2, 0) is 11.3 Å². The van der Waals surface area contributed by atoms with E-state index in [2.05, 4.69) is 63.4 Å². The third-order valence-electron chi connectivity index (χ3n) is 7.50. The predicted molar refractivity (Wildman–Crippen MR) is 159 cm³/mol. The fourth-order valence-electron chi connectivity index (χ4n) is 5.07. The molecule has 0 radical (unpaired) electrons. The smallest absolute Gasteiger partial charge is 0.231 e. The fourth-order valence-corrected chi connectivity index (χ4v) is 5.07. The Morgan fingerprint density at radius 3 is 2.23 bits per heavy atom. The van der Waals surface area contributed by atoms with E-state index in [1.807, 2.05) is 39.2 Å². The molecule has 2 aromatic carbocycles.